The van der Waals surface area contributed by atoms with Gasteiger partial charge in [0.25, 0.3) is 0 Å². The van der Waals surface area contributed by atoms with Crippen LogP contribution in [-0.2, 0) is 25.1 Å². The second kappa shape index (κ2) is 9.06. The molecule has 2 saturated heterocycles. The highest BCUT2D eigenvalue weighted by atomic mass is 19.4. The molecule has 7 rings (SSSR count). The van der Waals surface area contributed by atoms with Gasteiger partial charge in [0.15, 0.2) is 0 Å². The van der Waals surface area contributed by atoms with Crippen LogP contribution in [0.5, 0.6) is 0 Å². The summed E-state index contributed by atoms with van der Waals surface area (Å²) in [5, 5.41) is 16.6. The molecular weight excluding hydrogens is 515 g/mol. The van der Waals surface area contributed by atoms with Crippen molar-refractivity contribution in [3.05, 3.63) is 65.9 Å². The molecule has 2 aromatic carbocycles. The van der Waals surface area contributed by atoms with E-state index in [1.54, 1.807) is 11.0 Å². The van der Waals surface area contributed by atoms with Crippen molar-refractivity contribution in [2.45, 2.75) is 50.6 Å². The number of aromatic nitrogens is 5. The number of fused-ring (bicyclic) bond motifs is 1. The largest absolute Gasteiger partial charge is 0.417 e. The molecule has 0 radical (unpaired) electrons. The van der Waals surface area contributed by atoms with Crippen LogP contribution in [0.4, 0.5) is 18.9 Å². The number of aryl methyl sites for hydroxylation is 1. The van der Waals surface area contributed by atoms with Crippen LogP contribution in [0.2, 0.25) is 0 Å². The molecule has 0 amide bonds. The number of hydrogen-bond donors (Lipinski definition) is 1. The zero-order chi connectivity index (χ0) is 27.7. The zero-order valence-electron chi connectivity index (χ0n) is 22.9. The first-order chi connectivity index (χ1) is 19.1. The fourth-order valence-electron chi connectivity index (χ4n) is 7.38. The number of nitrogens with zero attached hydrogens (tertiary/aromatic N) is 6. The molecule has 1 N–H and O–H groups in total. The second-order valence-electron chi connectivity index (χ2n) is 12.5. The van der Waals surface area contributed by atoms with Gasteiger partial charge in [0, 0.05) is 54.7 Å². The van der Waals surface area contributed by atoms with E-state index in [0.29, 0.717) is 17.1 Å². The lowest BCUT2D eigenvalue weighted by Gasteiger charge is -2.53. The van der Waals surface area contributed by atoms with E-state index in [4.69, 9.17) is 0 Å². The van der Waals surface area contributed by atoms with E-state index < -0.39 is 11.7 Å². The van der Waals surface area contributed by atoms with E-state index in [-0.39, 0.29) is 16.2 Å². The van der Waals surface area contributed by atoms with E-state index >= 15 is 0 Å². The molecule has 3 aliphatic rings. The van der Waals surface area contributed by atoms with Crippen molar-refractivity contribution in [1.82, 2.24) is 29.9 Å². The van der Waals surface area contributed by atoms with Crippen molar-refractivity contribution in [3.8, 4) is 5.69 Å². The number of rotatable bonds is 5. The number of anilines is 1. The van der Waals surface area contributed by atoms with Crippen molar-refractivity contribution in [1.29, 1.82) is 0 Å². The lowest BCUT2D eigenvalue weighted by molar-refractivity contribution is -0.136. The maximum atomic E-state index is 14.3. The zero-order valence-corrected chi connectivity index (χ0v) is 22.9. The van der Waals surface area contributed by atoms with Crippen LogP contribution in [0, 0.1) is 11.3 Å². The van der Waals surface area contributed by atoms with E-state index in [9.17, 15) is 13.2 Å². The maximum Gasteiger partial charge on any atom is 0.417 e. The van der Waals surface area contributed by atoms with E-state index in [0.717, 1.165) is 75.4 Å². The number of halogens is 3. The van der Waals surface area contributed by atoms with Gasteiger partial charge in [-0.2, -0.15) is 18.3 Å². The van der Waals surface area contributed by atoms with Gasteiger partial charge in [0.1, 0.15) is 12.2 Å². The second-order valence-corrected chi connectivity index (χ2v) is 12.5. The fraction of sp³-hybridized carbons (Fsp3) is 0.500. The monoisotopic (exact) mass is 549 g/mol. The molecule has 4 heterocycles. The maximum absolute atomic E-state index is 14.3. The minimum atomic E-state index is -4.47. The third-order valence-electron chi connectivity index (χ3n) is 9.50. The Morgan fingerprint density at radius 1 is 1.05 bits per heavy atom. The molecule has 10 heteroatoms. The lowest BCUT2D eigenvalue weighted by atomic mass is 9.57. The molecule has 1 aliphatic carbocycles. The minimum Gasteiger partial charge on any atom is -0.370 e. The predicted octanol–water partition coefficient (Wildman–Crippen LogP) is 5.27. The average Bonchev–Trinajstić information content (AvgIpc) is 3.51. The van der Waals surface area contributed by atoms with Crippen molar-refractivity contribution >= 4 is 16.6 Å². The highest BCUT2D eigenvalue weighted by Crippen LogP contribution is 2.50. The van der Waals surface area contributed by atoms with Gasteiger partial charge in [-0.05, 0) is 74.5 Å². The molecule has 2 aliphatic heterocycles. The summed E-state index contributed by atoms with van der Waals surface area (Å²) in [7, 11) is 1.95. The summed E-state index contributed by atoms with van der Waals surface area (Å²) >= 11 is 0. The molecule has 0 bridgehead atoms. The quantitative estimate of drug-likeness (QED) is 0.367. The van der Waals surface area contributed by atoms with Crippen LogP contribution < -0.4 is 10.2 Å². The van der Waals surface area contributed by atoms with Gasteiger partial charge in [0.2, 0.25) is 0 Å². The molecular formula is C30H34F3N7. The van der Waals surface area contributed by atoms with Crippen molar-refractivity contribution < 1.29 is 13.2 Å². The SMILES string of the molecule is CC1CC(Cc2nncn2C)(c2cccc(-n3cc4c(C(F)(F)F)cc(N5CC6(CCNCC6)C5)cc4n3)c2)C1. The molecule has 7 nitrogen and oxygen atoms in total. The first-order valence-electron chi connectivity index (χ1n) is 14.1. The summed E-state index contributed by atoms with van der Waals surface area (Å²) in [6.45, 7) is 5.80. The van der Waals surface area contributed by atoms with Gasteiger partial charge in [-0.25, -0.2) is 4.68 Å². The normalized spacial score (nSPS) is 24.3. The van der Waals surface area contributed by atoms with Crippen molar-refractivity contribution in [3.63, 3.8) is 0 Å². The summed E-state index contributed by atoms with van der Waals surface area (Å²) in [6.07, 6.45) is 3.75. The number of nitrogens with one attached hydrogen (secondary N) is 1. The smallest absolute Gasteiger partial charge is 0.370 e. The third-order valence-corrected chi connectivity index (χ3v) is 9.50. The Morgan fingerprint density at radius 3 is 2.50 bits per heavy atom. The number of hydrogen-bond acceptors (Lipinski definition) is 5. The highest BCUT2D eigenvalue weighted by Gasteiger charge is 2.45. The van der Waals surface area contributed by atoms with Crippen LogP contribution in [0.3, 0.4) is 0 Å². The molecule has 2 aromatic heterocycles. The number of piperidine rings is 1. The topological polar surface area (TPSA) is 63.8 Å². The standard InChI is InChI=1S/C30H34F3N7/c1-20-13-29(14-20,15-27-36-35-19-38(27)2)21-4-3-5-22(10-21)40-16-24-25(30(31,32)33)11-23(12-26(24)37-40)39-17-28(18-39)6-8-34-9-7-28/h3-5,10-12,16,19-20,34H,6-9,13-15,17-18H2,1-2H3. The Balaban J connectivity index is 1.23. The molecule has 40 heavy (non-hydrogen) atoms. The molecule has 210 valence electrons. The highest BCUT2D eigenvalue weighted by molar-refractivity contribution is 5.87. The van der Waals surface area contributed by atoms with Gasteiger partial charge in [0.05, 0.1) is 16.8 Å². The molecule has 3 fully saturated rings. The Morgan fingerprint density at radius 2 is 1.82 bits per heavy atom. The van der Waals surface area contributed by atoms with Crippen LogP contribution in [0.1, 0.15) is 49.6 Å². The van der Waals surface area contributed by atoms with Gasteiger partial charge >= 0.3 is 6.18 Å². The van der Waals surface area contributed by atoms with Crippen LogP contribution in [-0.4, -0.2) is 50.7 Å². The van der Waals surface area contributed by atoms with E-state index in [1.807, 2.05) is 29.8 Å². The third kappa shape index (κ3) is 4.27. The van der Waals surface area contributed by atoms with Crippen LogP contribution in [0.15, 0.2) is 48.9 Å². The van der Waals surface area contributed by atoms with E-state index in [2.05, 4.69) is 44.6 Å². The Kier molecular flexibility index (Phi) is 5.79. The number of benzene rings is 2. The molecule has 1 spiro atoms. The summed E-state index contributed by atoms with van der Waals surface area (Å²) < 4.78 is 46.4. The predicted molar refractivity (Wildman–Crippen MR) is 148 cm³/mol. The summed E-state index contributed by atoms with van der Waals surface area (Å²) in [6, 6.07) is 11.2. The van der Waals surface area contributed by atoms with Gasteiger partial charge in [-0.15, -0.1) is 10.2 Å². The average molecular weight is 550 g/mol. The summed E-state index contributed by atoms with van der Waals surface area (Å²) in [4.78, 5) is 2.08. The Bertz CT molecular complexity index is 1550. The molecule has 0 atom stereocenters. The van der Waals surface area contributed by atoms with Crippen LogP contribution >= 0.6 is 0 Å². The summed E-state index contributed by atoms with van der Waals surface area (Å²) in [5.74, 6) is 1.53. The van der Waals surface area contributed by atoms with Gasteiger partial charge in [-0.1, -0.05) is 19.1 Å². The number of alkyl halides is 3. The molecule has 1 saturated carbocycles. The Hall–Kier alpha value is -3.40. The summed E-state index contributed by atoms with van der Waals surface area (Å²) in [5.41, 5.74) is 2.42. The van der Waals surface area contributed by atoms with Gasteiger partial charge < -0.3 is 14.8 Å². The molecule has 0 unspecified atom stereocenters. The van der Waals surface area contributed by atoms with Crippen LogP contribution in [0.25, 0.3) is 16.6 Å². The molecule has 4 aromatic rings. The lowest BCUT2D eigenvalue weighted by Crippen LogP contribution is -2.60. The Labute approximate surface area is 231 Å². The minimum absolute atomic E-state index is 0.0742. The fourth-order valence-corrected chi connectivity index (χ4v) is 7.38. The van der Waals surface area contributed by atoms with Crippen molar-refractivity contribution in [2.24, 2.45) is 18.4 Å². The first-order valence-corrected chi connectivity index (χ1v) is 14.1. The van der Waals surface area contributed by atoms with Gasteiger partial charge in [-0.3, -0.25) is 0 Å². The van der Waals surface area contributed by atoms with E-state index in [1.165, 1.54) is 12.3 Å². The van der Waals surface area contributed by atoms with Crippen molar-refractivity contribution in [2.75, 3.05) is 31.1 Å². The first kappa shape index (κ1) is 25.6.